The summed E-state index contributed by atoms with van der Waals surface area (Å²) in [5.74, 6) is 0. The number of hydrogen-bond donors (Lipinski definition) is 0. The van der Waals surface area contributed by atoms with Crippen LogP contribution in [-0.4, -0.2) is 12.2 Å². The lowest BCUT2D eigenvalue weighted by Gasteiger charge is -2.02. The van der Waals surface area contributed by atoms with Crippen LogP contribution in [0.3, 0.4) is 0 Å². The van der Waals surface area contributed by atoms with Gasteiger partial charge in [-0.25, -0.2) is 0 Å². The van der Waals surface area contributed by atoms with E-state index in [4.69, 9.17) is 4.74 Å². The molecular weight excluding hydrogens is 148 g/mol. The van der Waals surface area contributed by atoms with Crippen molar-refractivity contribution in [3.63, 3.8) is 0 Å². The molecule has 1 atom stereocenters. The Bertz CT molecular complexity index is 145. The smallest absolute Gasteiger partial charge is 0.0888 e. The van der Waals surface area contributed by atoms with Gasteiger partial charge in [-0.05, 0) is 33.1 Å². The minimum Gasteiger partial charge on any atom is -0.370 e. The van der Waals surface area contributed by atoms with Crippen LogP contribution in [0.1, 0.15) is 46.0 Å². The third-order valence-electron chi connectivity index (χ3n) is 2.45. The molecule has 70 valence electrons. The standard InChI is InChI=1S/C11H20O/c1-3-4-5-6-7-8-9-11(2)10-12-11/h3-4H,5-10H2,1-2H3/b4-3-/t11-/m1/s1. The molecule has 0 aliphatic carbocycles. The maximum absolute atomic E-state index is 5.31. The molecule has 1 rings (SSSR count). The normalized spacial score (nSPS) is 28.2. The molecule has 0 bridgehead atoms. The van der Waals surface area contributed by atoms with E-state index in [1.54, 1.807) is 0 Å². The molecule has 0 aromatic heterocycles. The van der Waals surface area contributed by atoms with E-state index in [9.17, 15) is 0 Å². The Labute approximate surface area is 75.8 Å². The lowest BCUT2D eigenvalue weighted by atomic mass is 10.0. The van der Waals surface area contributed by atoms with E-state index in [0.717, 1.165) is 6.61 Å². The second-order valence-corrected chi connectivity index (χ2v) is 3.91. The van der Waals surface area contributed by atoms with Crippen LogP contribution >= 0.6 is 0 Å². The molecule has 1 nitrogen and oxygen atoms in total. The molecule has 0 spiro atoms. The maximum atomic E-state index is 5.31. The minimum absolute atomic E-state index is 0.278. The highest BCUT2D eigenvalue weighted by molar-refractivity contribution is 4.86. The zero-order valence-corrected chi connectivity index (χ0v) is 8.31. The monoisotopic (exact) mass is 168 g/mol. The molecular formula is C11H20O. The van der Waals surface area contributed by atoms with Gasteiger partial charge >= 0.3 is 0 Å². The molecule has 0 amide bonds. The Morgan fingerprint density at radius 2 is 2.08 bits per heavy atom. The fourth-order valence-corrected chi connectivity index (χ4v) is 1.37. The van der Waals surface area contributed by atoms with E-state index in [0.29, 0.717) is 0 Å². The molecule has 0 saturated carbocycles. The first-order valence-electron chi connectivity index (χ1n) is 5.02. The quantitative estimate of drug-likeness (QED) is 0.337. The molecule has 1 fully saturated rings. The van der Waals surface area contributed by atoms with Crippen LogP contribution in [0.5, 0.6) is 0 Å². The van der Waals surface area contributed by atoms with Gasteiger partial charge in [-0.15, -0.1) is 0 Å². The van der Waals surface area contributed by atoms with Crippen LogP contribution in [0, 0.1) is 0 Å². The van der Waals surface area contributed by atoms with Gasteiger partial charge in [-0.1, -0.05) is 25.0 Å². The highest BCUT2D eigenvalue weighted by Gasteiger charge is 2.37. The van der Waals surface area contributed by atoms with Crippen LogP contribution in [0.2, 0.25) is 0 Å². The predicted molar refractivity (Wildman–Crippen MR) is 52.3 cm³/mol. The summed E-state index contributed by atoms with van der Waals surface area (Å²) < 4.78 is 5.31. The molecule has 1 heterocycles. The highest BCUT2D eigenvalue weighted by atomic mass is 16.6. The zero-order valence-electron chi connectivity index (χ0n) is 8.31. The van der Waals surface area contributed by atoms with Gasteiger partial charge in [0.2, 0.25) is 0 Å². The summed E-state index contributed by atoms with van der Waals surface area (Å²) in [4.78, 5) is 0. The van der Waals surface area contributed by atoms with Crippen LogP contribution in [0.25, 0.3) is 0 Å². The fourth-order valence-electron chi connectivity index (χ4n) is 1.37. The lowest BCUT2D eigenvalue weighted by molar-refractivity contribution is 0.301. The van der Waals surface area contributed by atoms with Gasteiger partial charge in [0.1, 0.15) is 0 Å². The van der Waals surface area contributed by atoms with E-state index in [-0.39, 0.29) is 5.60 Å². The summed E-state index contributed by atoms with van der Waals surface area (Å²) in [6, 6.07) is 0. The Balaban J connectivity index is 1.83. The van der Waals surface area contributed by atoms with Crippen molar-refractivity contribution in [1.29, 1.82) is 0 Å². The topological polar surface area (TPSA) is 12.5 Å². The second-order valence-electron chi connectivity index (χ2n) is 3.91. The van der Waals surface area contributed by atoms with Gasteiger partial charge in [0.25, 0.3) is 0 Å². The second kappa shape index (κ2) is 4.66. The first kappa shape index (κ1) is 9.79. The van der Waals surface area contributed by atoms with Crippen LogP contribution in [0.4, 0.5) is 0 Å². The number of rotatable bonds is 6. The summed E-state index contributed by atoms with van der Waals surface area (Å²) in [6.45, 7) is 5.28. The Hall–Kier alpha value is -0.300. The number of unbranched alkanes of at least 4 members (excludes halogenated alkanes) is 3. The third-order valence-corrected chi connectivity index (χ3v) is 2.45. The molecule has 0 aromatic rings. The summed E-state index contributed by atoms with van der Waals surface area (Å²) in [6.07, 6.45) is 10.9. The first-order valence-corrected chi connectivity index (χ1v) is 5.02. The Morgan fingerprint density at radius 1 is 1.33 bits per heavy atom. The van der Waals surface area contributed by atoms with Gasteiger partial charge in [-0.2, -0.15) is 0 Å². The van der Waals surface area contributed by atoms with Crippen molar-refractivity contribution >= 4 is 0 Å². The van der Waals surface area contributed by atoms with Gasteiger partial charge in [-0.3, -0.25) is 0 Å². The highest BCUT2D eigenvalue weighted by Crippen LogP contribution is 2.31. The number of epoxide rings is 1. The van der Waals surface area contributed by atoms with Gasteiger partial charge in [0.05, 0.1) is 12.2 Å². The number of allylic oxidation sites excluding steroid dienone is 2. The number of ether oxygens (including phenoxy) is 1. The van der Waals surface area contributed by atoms with Crippen molar-refractivity contribution in [2.45, 2.75) is 51.6 Å². The molecule has 0 N–H and O–H groups in total. The fraction of sp³-hybridized carbons (Fsp3) is 0.818. The van der Waals surface area contributed by atoms with Gasteiger partial charge in [0, 0.05) is 0 Å². The summed E-state index contributed by atoms with van der Waals surface area (Å²) >= 11 is 0. The molecule has 1 aliphatic rings. The molecule has 0 aromatic carbocycles. The maximum Gasteiger partial charge on any atom is 0.0888 e. The molecule has 12 heavy (non-hydrogen) atoms. The SMILES string of the molecule is C/C=C\CCCCC[C@]1(C)CO1. The molecule has 0 radical (unpaired) electrons. The van der Waals surface area contributed by atoms with Crippen molar-refractivity contribution in [2.75, 3.05) is 6.61 Å². The first-order chi connectivity index (χ1) is 5.77. The van der Waals surface area contributed by atoms with Crippen LogP contribution < -0.4 is 0 Å². The average molecular weight is 168 g/mol. The van der Waals surface area contributed by atoms with Crippen molar-refractivity contribution in [3.05, 3.63) is 12.2 Å². The summed E-state index contributed by atoms with van der Waals surface area (Å²) in [7, 11) is 0. The van der Waals surface area contributed by atoms with Crippen LogP contribution in [-0.2, 0) is 4.74 Å². The van der Waals surface area contributed by atoms with Crippen molar-refractivity contribution in [1.82, 2.24) is 0 Å². The molecule has 1 saturated heterocycles. The lowest BCUT2D eigenvalue weighted by Crippen LogP contribution is -2.02. The van der Waals surface area contributed by atoms with E-state index in [1.165, 1.54) is 32.1 Å². The molecule has 1 heteroatoms. The Morgan fingerprint density at radius 3 is 2.67 bits per heavy atom. The summed E-state index contributed by atoms with van der Waals surface area (Å²) in [5.41, 5.74) is 0.278. The average Bonchev–Trinajstić information content (AvgIpc) is 2.77. The van der Waals surface area contributed by atoms with Gasteiger partial charge < -0.3 is 4.74 Å². The van der Waals surface area contributed by atoms with Crippen LogP contribution in [0.15, 0.2) is 12.2 Å². The molecule has 0 unspecified atom stereocenters. The van der Waals surface area contributed by atoms with E-state index in [2.05, 4.69) is 26.0 Å². The minimum atomic E-state index is 0.278. The van der Waals surface area contributed by atoms with E-state index < -0.39 is 0 Å². The largest absolute Gasteiger partial charge is 0.370 e. The number of hydrogen-bond acceptors (Lipinski definition) is 1. The van der Waals surface area contributed by atoms with E-state index in [1.807, 2.05) is 0 Å². The third kappa shape index (κ3) is 3.91. The van der Waals surface area contributed by atoms with E-state index >= 15 is 0 Å². The van der Waals surface area contributed by atoms with Crippen molar-refractivity contribution < 1.29 is 4.74 Å². The molecule has 1 aliphatic heterocycles. The summed E-state index contributed by atoms with van der Waals surface area (Å²) in [5, 5.41) is 0. The Kier molecular flexibility index (Phi) is 3.80. The van der Waals surface area contributed by atoms with Crippen molar-refractivity contribution in [3.8, 4) is 0 Å². The van der Waals surface area contributed by atoms with Crippen molar-refractivity contribution in [2.24, 2.45) is 0 Å². The van der Waals surface area contributed by atoms with Gasteiger partial charge in [0.15, 0.2) is 0 Å². The predicted octanol–water partition coefficient (Wildman–Crippen LogP) is 3.30. The zero-order chi connectivity index (χ0) is 8.86.